The predicted molar refractivity (Wildman–Crippen MR) is 84.8 cm³/mol. The van der Waals surface area contributed by atoms with Crippen molar-refractivity contribution in [3.05, 3.63) is 35.8 Å². The lowest BCUT2D eigenvalue weighted by Crippen LogP contribution is -2.20. The average Bonchev–Trinajstić information content (AvgIpc) is 2.99. The molecule has 0 unspecified atom stereocenters. The molecule has 112 valence electrons. The van der Waals surface area contributed by atoms with E-state index in [1.54, 1.807) is 11.6 Å². The molecule has 21 heavy (non-hydrogen) atoms. The zero-order valence-corrected chi connectivity index (χ0v) is 12.4. The molecule has 0 aliphatic carbocycles. The second kappa shape index (κ2) is 8.23. The van der Waals surface area contributed by atoms with Crippen molar-refractivity contribution in [3.8, 4) is 5.75 Å². The molecule has 0 spiro atoms. The molecule has 0 fully saturated rings. The van der Waals surface area contributed by atoms with Gasteiger partial charge in [0.2, 0.25) is 0 Å². The fraction of sp³-hybridized carbons (Fsp3) is 0.286. The first-order valence-electron chi connectivity index (χ1n) is 6.64. The van der Waals surface area contributed by atoms with E-state index in [1.165, 1.54) is 11.3 Å². The number of rotatable bonds is 8. The van der Waals surface area contributed by atoms with Crippen LogP contribution < -0.4 is 21.1 Å². The molecule has 0 saturated heterocycles. The van der Waals surface area contributed by atoms with E-state index in [-0.39, 0.29) is 12.5 Å². The monoisotopic (exact) mass is 306 g/mol. The maximum absolute atomic E-state index is 11.7. The summed E-state index contributed by atoms with van der Waals surface area (Å²) in [6.07, 6.45) is 2.54. The molecule has 0 radical (unpaired) electrons. The van der Waals surface area contributed by atoms with Crippen LogP contribution in [0.3, 0.4) is 0 Å². The van der Waals surface area contributed by atoms with Crippen molar-refractivity contribution in [1.82, 2.24) is 4.98 Å². The van der Waals surface area contributed by atoms with E-state index in [9.17, 15) is 4.79 Å². The second-order valence-electron chi connectivity index (χ2n) is 4.27. The summed E-state index contributed by atoms with van der Waals surface area (Å²) in [6, 6.07) is 7.48. The van der Waals surface area contributed by atoms with Gasteiger partial charge in [-0.15, -0.1) is 11.3 Å². The molecule has 1 aromatic carbocycles. The Bertz CT molecular complexity index is 560. The lowest BCUT2D eigenvalue weighted by atomic mass is 10.3. The summed E-state index contributed by atoms with van der Waals surface area (Å²) in [7, 11) is 0. The van der Waals surface area contributed by atoms with Crippen LogP contribution in [0, 0.1) is 0 Å². The van der Waals surface area contributed by atoms with Crippen molar-refractivity contribution in [2.24, 2.45) is 5.73 Å². The van der Waals surface area contributed by atoms with Gasteiger partial charge in [0.05, 0.1) is 0 Å². The summed E-state index contributed by atoms with van der Waals surface area (Å²) < 4.78 is 5.46. The van der Waals surface area contributed by atoms with E-state index < -0.39 is 0 Å². The van der Waals surface area contributed by atoms with Gasteiger partial charge in [-0.2, -0.15) is 0 Å². The molecule has 2 aromatic rings. The van der Waals surface area contributed by atoms with Crippen molar-refractivity contribution in [1.29, 1.82) is 0 Å². The first-order valence-corrected chi connectivity index (χ1v) is 7.52. The average molecular weight is 306 g/mol. The summed E-state index contributed by atoms with van der Waals surface area (Å²) in [5.41, 5.74) is 6.39. The molecule has 0 saturated carbocycles. The Kier molecular flexibility index (Phi) is 5.99. The maximum Gasteiger partial charge on any atom is 0.264 e. The second-order valence-corrected chi connectivity index (χ2v) is 5.17. The number of nitrogens with zero attached hydrogens (tertiary/aromatic N) is 1. The van der Waals surface area contributed by atoms with Crippen LogP contribution >= 0.6 is 11.3 Å². The van der Waals surface area contributed by atoms with Gasteiger partial charge in [0.15, 0.2) is 11.7 Å². The van der Waals surface area contributed by atoms with Gasteiger partial charge in [-0.3, -0.25) is 10.1 Å². The van der Waals surface area contributed by atoms with Gasteiger partial charge < -0.3 is 15.8 Å². The van der Waals surface area contributed by atoms with Gasteiger partial charge >= 0.3 is 0 Å². The molecule has 1 amide bonds. The Morgan fingerprint density at radius 1 is 1.43 bits per heavy atom. The van der Waals surface area contributed by atoms with E-state index in [0.717, 1.165) is 18.7 Å². The fourth-order valence-corrected chi connectivity index (χ4v) is 2.17. The number of benzene rings is 1. The standard InChI is InChI=1S/C14H18N4O2S/c15-5-2-6-16-11-3-1-4-12(9-11)20-10-13(19)18-14-17-7-8-21-14/h1,3-4,7-9,16H,2,5-6,10,15H2,(H,17,18,19). The largest absolute Gasteiger partial charge is 0.484 e. The van der Waals surface area contributed by atoms with Crippen LogP contribution in [0.25, 0.3) is 0 Å². The Morgan fingerprint density at radius 3 is 3.10 bits per heavy atom. The van der Waals surface area contributed by atoms with E-state index >= 15 is 0 Å². The van der Waals surface area contributed by atoms with Gasteiger partial charge in [0.25, 0.3) is 5.91 Å². The molecule has 1 heterocycles. The minimum atomic E-state index is -0.230. The molecule has 0 aliphatic heterocycles. The Morgan fingerprint density at radius 2 is 2.33 bits per heavy atom. The number of hydrogen-bond donors (Lipinski definition) is 3. The van der Waals surface area contributed by atoms with Crippen LogP contribution in [0.15, 0.2) is 35.8 Å². The molecular weight excluding hydrogens is 288 g/mol. The maximum atomic E-state index is 11.7. The third-order valence-electron chi connectivity index (χ3n) is 2.59. The van der Waals surface area contributed by atoms with Crippen molar-refractivity contribution in [3.63, 3.8) is 0 Å². The normalized spacial score (nSPS) is 10.1. The summed E-state index contributed by atoms with van der Waals surface area (Å²) in [4.78, 5) is 15.7. The van der Waals surface area contributed by atoms with Gasteiger partial charge in [-0.05, 0) is 25.1 Å². The van der Waals surface area contributed by atoms with Crippen molar-refractivity contribution >= 4 is 28.1 Å². The van der Waals surface area contributed by atoms with Gasteiger partial charge in [-0.1, -0.05) is 6.07 Å². The van der Waals surface area contributed by atoms with Crippen LogP contribution in [0.1, 0.15) is 6.42 Å². The molecule has 7 heteroatoms. The highest BCUT2D eigenvalue weighted by atomic mass is 32.1. The number of carbonyl (C=O) groups is 1. The molecule has 0 bridgehead atoms. The number of amides is 1. The van der Waals surface area contributed by atoms with E-state index in [4.69, 9.17) is 10.5 Å². The molecular formula is C14H18N4O2S. The summed E-state index contributed by atoms with van der Waals surface area (Å²) in [5.74, 6) is 0.411. The molecule has 2 rings (SSSR count). The summed E-state index contributed by atoms with van der Waals surface area (Å²) in [6.45, 7) is 1.41. The van der Waals surface area contributed by atoms with Crippen molar-refractivity contribution < 1.29 is 9.53 Å². The lowest BCUT2D eigenvalue weighted by Gasteiger charge is -2.09. The van der Waals surface area contributed by atoms with Crippen LogP contribution in [0.4, 0.5) is 10.8 Å². The minimum absolute atomic E-state index is 0.0498. The van der Waals surface area contributed by atoms with Crippen molar-refractivity contribution in [2.45, 2.75) is 6.42 Å². The Labute approximate surface area is 127 Å². The number of thiazole rings is 1. The number of nitrogens with two attached hydrogens (primary N) is 1. The number of carbonyl (C=O) groups excluding carboxylic acids is 1. The number of hydrogen-bond acceptors (Lipinski definition) is 6. The number of ether oxygens (including phenoxy) is 1. The molecule has 6 nitrogen and oxygen atoms in total. The zero-order chi connectivity index (χ0) is 14.9. The zero-order valence-electron chi connectivity index (χ0n) is 11.5. The lowest BCUT2D eigenvalue weighted by molar-refractivity contribution is -0.118. The highest BCUT2D eigenvalue weighted by Crippen LogP contribution is 2.17. The van der Waals surface area contributed by atoms with Crippen LogP contribution in [0.5, 0.6) is 5.75 Å². The first kappa shape index (κ1) is 15.3. The first-order chi connectivity index (χ1) is 10.3. The Balaban J connectivity index is 1.79. The predicted octanol–water partition coefficient (Wildman–Crippen LogP) is 1.92. The molecule has 4 N–H and O–H groups in total. The third kappa shape index (κ3) is 5.41. The summed E-state index contributed by atoms with van der Waals surface area (Å²) in [5, 5.41) is 8.27. The molecule has 1 aromatic heterocycles. The smallest absolute Gasteiger partial charge is 0.264 e. The number of nitrogens with one attached hydrogen (secondary N) is 2. The minimum Gasteiger partial charge on any atom is -0.484 e. The van der Waals surface area contributed by atoms with Gasteiger partial charge in [0, 0.05) is 29.9 Å². The van der Waals surface area contributed by atoms with Gasteiger partial charge in [0.1, 0.15) is 5.75 Å². The van der Waals surface area contributed by atoms with E-state index in [2.05, 4.69) is 15.6 Å². The SMILES string of the molecule is NCCCNc1cccc(OCC(=O)Nc2nccs2)c1. The van der Waals surface area contributed by atoms with Crippen LogP contribution in [-0.4, -0.2) is 30.6 Å². The number of anilines is 2. The van der Waals surface area contributed by atoms with Crippen molar-refractivity contribution in [2.75, 3.05) is 30.3 Å². The highest BCUT2D eigenvalue weighted by molar-refractivity contribution is 7.13. The van der Waals surface area contributed by atoms with Crippen LogP contribution in [-0.2, 0) is 4.79 Å². The Hall–Kier alpha value is -2.12. The number of aromatic nitrogens is 1. The van der Waals surface area contributed by atoms with E-state index in [0.29, 0.717) is 17.4 Å². The van der Waals surface area contributed by atoms with Crippen LogP contribution in [0.2, 0.25) is 0 Å². The van der Waals surface area contributed by atoms with Gasteiger partial charge in [-0.25, -0.2) is 4.98 Å². The fourth-order valence-electron chi connectivity index (χ4n) is 1.62. The van der Waals surface area contributed by atoms with E-state index in [1.807, 2.05) is 24.3 Å². The third-order valence-corrected chi connectivity index (χ3v) is 3.28. The quantitative estimate of drug-likeness (QED) is 0.648. The molecule has 0 atom stereocenters. The topological polar surface area (TPSA) is 89.3 Å². The molecule has 0 aliphatic rings. The highest BCUT2D eigenvalue weighted by Gasteiger charge is 2.05. The summed E-state index contributed by atoms with van der Waals surface area (Å²) >= 11 is 1.37.